The number of aromatic nitrogens is 5. The molecule has 1 aromatic carbocycles. The molecule has 0 bridgehead atoms. The lowest BCUT2D eigenvalue weighted by Crippen LogP contribution is -2.39. The zero-order valence-corrected chi connectivity index (χ0v) is 17.1. The van der Waals surface area contributed by atoms with Gasteiger partial charge in [-0.25, -0.2) is 4.98 Å². The summed E-state index contributed by atoms with van der Waals surface area (Å²) < 4.78 is 9.39. The van der Waals surface area contributed by atoms with Crippen molar-refractivity contribution in [2.24, 2.45) is 7.05 Å². The van der Waals surface area contributed by atoms with Crippen molar-refractivity contribution in [1.29, 1.82) is 0 Å². The van der Waals surface area contributed by atoms with Crippen LogP contribution in [0.15, 0.2) is 36.9 Å². The van der Waals surface area contributed by atoms with Gasteiger partial charge in [-0.2, -0.15) is 0 Å². The molecule has 0 saturated carbocycles. The molecule has 0 aliphatic carbocycles. The average Bonchev–Trinajstić information content (AvgIpc) is 3.38. The van der Waals surface area contributed by atoms with Crippen LogP contribution in [0.1, 0.15) is 46.3 Å². The van der Waals surface area contributed by atoms with Gasteiger partial charge in [-0.05, 0) is 37.5 Å². The number of imidazole rings is 1. The molecule has 8 nitrogen and oxygen atoms in total. The largest absolute Gasteiger partial charge is 0.496 e. The molecule has 2 aromatic heterocycles. The van der Waals surface area contributed by atoms with Crippen LogP contribution in [0.2, 0.25) is 0 Å². The Hall–Kier alpha value is -3.16. The van der Waals surface area contributed by atoms with Gasteiger partial charge in [0.2, 0.25) is 0 Å². The van der Waals surface area contributed by atoms with Crippen LogP contribution in [0.3, 0.4) is 0 Å². The van der Waals surface area contributed by atoms with Gasteiger partial charge in [0.1, 0.15) is 11.6 Å². The second-order valence-corrected chi connectivity index (χ2v) is 7.54. The molecule has 0 N–H and O–H groups in total. The van der Waals surface area contributed by atoms with Gasteiger partial charge in [-0.3, -0.25) is 4.79 Å². The van der Waals surface area contributed by atoms with Crippen LogP contribution in [0, 0.1) is 6.92 Å². The Bertz CT molecular complexity index is 995. The van der Waals surface area contributed by atoms with Crippen LogP contribution < -0.4 is 4.74 Å². The Morgan fingerprint density at radius 1 is 1.31 bits per heavy atom. The van der Waals surface area contributed by atoms with Gasteiger partial charge in [0.05, 0.1) is 20.0 Å². The lowest BCUT2D eigenvalue weighted by Gasteiger charge is -2.32. The number of nitrogens with zero attached hydrogens (tertiary/aromatic N) is 6. The summed E-state index contributed by atoms with van der Waals surface area (Å²) in [6.07, 6.45) is 7.37. The molecule has 4 rings (SSSR count). The van der Waals surface area contributed by atoms with E-state index in [9.17, 15) is 4.79 Å². The van der Waals surface area contributed by atoms with Crippen LogP contribution in [-0.2, 0) is 13.6 Å². The van der Waals surface area contributed by atoms with E-state index < -0.39 is 0 Å². The highest BCUT2D eigenvalue weighted by molar-refractivity contribution is 5.94. The van der Waals surface area contributed by atoms with E-state index in [2.05, 4.69) is 15.2 Å². The summed E-state index contributed by atoms with van der Waals surface area (Å²) in [5.41, 5.74) is 1.68. The summed E-state index contributed by atoms with van der Waals surface area (Å²) in [4.78, 5) is 19.1. The van der Waals surface area contributed by atoms with Gasteiger partial charge < -0.3 is 18.8 Å². The second kappa shape index (κ2) is 8.06. The number of carbonyl (C=O) groups excluding carboxylic acids is 1. The number of rotatable bonds is 5. The summed E-state index contributed by atoms with van der Waals surface area (Å²) in [7, 11) is 3.62. The van der Waals surface area contributed by atoms with Crippen molar-refractivity contribution in [3.8, 4) is 5.75 Å². The molecule has 3 heterocycles. The van der Waals surface area contributed by atoms with Crippen molar-refractivity contribution in [2.75, 3.05) is 20.2 Å². The maximum atomic E-state index is 13.1. The van der Waals surface area contributed by atoms with Gasteiger partial charge in [-0.1, -0.05) is 6.07 Å². The van der Waals surface area contributed by atoms with Crippen LogP contribution in [0.5, 0.6) is 5.75 Å². The number of hydrogen-bond donors (Lipinski definition) is 0. The lowest BCUT2D eigenvalue weighted by molar-refractivity contribution is 0.0703. The monoisotopic (exact) mass is 394 g/mol. The Morgan fingerprint density at radius 3 is 2.93 bits per heavy atom. The highest BCUT2D eigenvalue weighted by atomic mass is 16.5. The summed E-state index contributed by atoms with van der Waals surface area (Å²) in [5.74, 6) is 2.76. The maximum absolute atomic E-state index is 13.1. The summed E-state index contributed by atoms with van der Waals surface area (Å²) >= 11 is 0. The first-order valence-corrected chi connectivity index (χ1v) is 9.84. The first-order chi connectivity index (χ1) is 14.1. The third-order valence-corrected chi connectivity index (χ3v) is 5.61. The molecule has 1 fully saturated rings. The number of ether oxygens (including phenoxy) is 1. The third kappa shape index (κ3) is 3.87. The van der Waals surface area contributed by atoms with Gasteiger partial charge in [0.15, 0.2) is 5.82 Å². The number of likely N-dealkylation sites (tertiary alicyclic amines) is 1. The molecule has 152 valence electrons. The second-order valence-electron chi connectivity index (χ2n) is 7.54. The Morgan fingerprint density at radius 2 is 2.17 bits per heavy atom. The number of hydrogen-bond acceptors (Lipinski definition) is 5. The molecule has 0 radical (unpaired) electrons. The van der Waals surface area contributed by atoms with Crippen molar-refractivity contribution in [1.82, 2.24) is 29.2 Å². The standard InChI is InChI=1S/C21H26N6O2/c1-15-6-7-16(11-18(15)29-3)21(28)27-9-4-5-17(12-27)20-24-23-19(25(20)2)13-26-10-8-22-14-26/h6-8,10-11,14,17H,4-5,9,12-13H2,1-3H3/t17-/m1/s1. The Balaban J connectivity index is 1.50. The van der Waals surface area contributed by atoms with Crippen molar-refractivity contribution in [2.45, 2.75) is 32.2 Å². The first kappa shape index (κ1) is 19.2. The molecule has 1 aliphatic rings. The SMILES string of the molecule is COc1cc(C(=O)N2CCC[C@@H](c3nnc(Cn4ccnc4)n3C)C2)ccc1C. The highest BCUT2D eigenvalue weighted by Crippen LogP contribution is 2.28. The first-order valence-electron chi connectivity index (χ1n) is 9.84. The summed E-state index contributed by atoms with van der Waals surface area (Å²) in [6.45, 7) is 4.00. The molecule has 1 amide bonds. The predicted molar refractivity (Wildman–Crippen MR) is 108 cm³/mol. The molecular weight excluding hydrogens is 368 g/mol. The van der Waals surface area contributed by atoms with Crippen LogP contribution in [0.4, 0.5) is 0 Å². The number of piperidine rings is 1. The fourth-order valence-corrected chi connectivity index (χ4v) is 3.92. The lowest BCUT2D eigenvalue weighted by atomic mass is 9.96. The predicted octanol–water partition coefficient (Wildman–Crippen LogP) is 2.40. The van der Waals surface area contributed by atoms with Crippen molar-refractivity contribution >= 4 is 5.91 Å². The molecule has 1 saturated heterocycles. The number of amides is 1. The van der Waals surface area contributed by atoms with E-state index in [1.54, 1.807) is 19.6 Å². The van der Waals surface area contributed by atoms with E-state index in [0.29, 0.717) is 18.7 Å². The van der Waals surface area contributed by atoms with Gasteiger partial charge >= 0.3 is 0 Å². The van der Waals surface area contributed by atoms with E-state index >= 15 is 0 Å². The minimum atomic E-state index is 0.0359. The van der Waals surface area contributed by atoms with Crippen molar-refractivity contribution in [3.05, 3.63) is 59.7 Å². The molecule has 1 atom stereocenters. The minimum absolute atomic E-state index is 0.0359. The molecule has 1 aliphatic heterocycles. The summed E-state index contributed by atoms with van der Waals surface area (Å²) in [5, 5.41) is 8.82. The molecule has 29 heavy (non-hydrogen) atoms. The molecular formula is C21H26N6O2. The molecule has 0 unspecified atom stereocenters. The van der Waals surface area contributed by atoms with E-state index in [1.165, 1.54) is 0 Å². The fraction of sp³-hybridized carbons (Fsp3) is 0.429. The number of carbonyl (C=O) groups is 1. The van der Waals surface area contributed by atoms with Crippen molar-refractivity contribution < 1.29 is 9.53 Å². The van der Waals surface area contributed by atoms with Crippen molar-refractivity contribution in [3.63, 3.8) is 0 Å². The minimum Gasteiger partial charge on any atom is -0.496 e. The van der Waals surface area contributed by atoms with Crippen LogP contribution >= 0.6 is 0 Å². The molecule has 8 heteroatoms. The quantitative estimate of drug-likeness (QED) is 0.664. The van der Waals surface area contributed by atoms with E-state index in [0.717, 1.165) is 42.3 Å². The zero-order valence-electron chi connectivity index (χ0n) is 17.1. The van der Waals surface area contributed by atoms with Gasteiger partial charge in [-0.15, -0.1) is 10.2 Å². The molecule has 3 aromatic rings. The van der Waals surface area contributed by atoms with Gasteiger partial charge in [0.25, 0.3) is 5.91 Å². The van der Waals surface area contributed by atoms with E-state index in [4.69, 9.17) is 4.74 Å². The number of aryl methyl sites for hydroxylation is 1. The summed E-state index contributed by atoms with van der Waals surface area (Å²) in [6, 6.07) is 5.63. The Labute approximate surface area is 170 Å². The zero-order chi connectivity index (χ0) is 20.4. The van der Waals surface area contributed by atoms with E-state index in [1.807, 2.05) is 52.4 Å². The van der Waals surface area contributed by atoms with E-state index in [-0.39, 0.29) is 11.8 Å². The highest BCUT2D eigenvalue weighted by Gasteiger charge is 2.29. The van der Waals surface area contributed by atoms with Gasteiger partial charge in [0, 0.05) is 44.0 Å². The smallest absolute Gasteiger partial charge is 0.254 e. The topological polar surface area (TPSA) is 78.1 Å². The number of benzene rings is 1. The number of methoxy groups -OCH3 is 1. The Kier molecular flexibility index (Phi) is 5.33. The van der Waals surface area contributed by atoms with Crippen LogP contribution in [0.25, 0.3) is 0 Å². The van der Waals surface area contributed by atoms with Crippen LogP contribution in [-0.4, -0.2) is 55.3 Å². The molecule has 0 spiro atoms. The average molecular weight is 394 g/mol. The third-order valence-electron chi connectivity index (χ3n) is 5.61. The maximum Gasteiger partial charge on any atom is 0.254 e. The fourth-order valence-electron chi connectivity index (χ4n) is 3.92. The normalized spacial score (nSPS) is 16.8.